The minimum atomic E-state index is -3.42. The molecule has 0 saturated carbocycles. The molecule has 1 aromatic rings. The lowest BCUT2D eigenvalue weighted by atomic mass is 9.95. The van der Waals surface area contributed by atoms with Crippen molar-refractivity contribution in [3.63, 3.8) is 0 Å². The number of likely N-dealkylation sites (tertiary alicyclic amines) is 1. The molecule has 0 aromatic heterocycles. The molecule has 0 bridgehead atoms. The summed E-state index contributed by atoms with van der Waals surface area (Å²) >= 11 is 0. The van der Waals surface area contributed by atoms with Crippen LogP contribution >= 0.6 is 0 Å². The molecule has 1 N–H and O–H groups in total. The Kier molecular flexibility index (Phi) is 8.11. The van der Waals surface area contributed by atoms with E-state index in [1.807, 2.05) is 30.9 Å². The molecule has 0 unspecified atom stereocenters. The van der Waals surface area contributed by atoms with Gasteiger partial charge in [0.15, 0.2) is 0 Å². The molecule has 8 heteroatoms. The molecule has 0 spiro atoms. The van der Waals surface area contributed by atoms with Gasteiger partial charge in [-0.25, -0.2) is 8.42 Å². The van der Waals surface area contributed by atoms with Crippen molar-refractivity contribution in [3.05, 3.63) is 29.8 Å². The van der Waals surface area contributed by atoms with E-state index in [-0.39, 0.29) is 23.8 Å². The van der Waals surface area contributed by atoms with E-state index >= 15 is 0 Å². The summed E-state index contributed by atoms with van der Waals surface area (Å²) in [6, 6.07) is 7.07. The van der Waals surface area contributed by atoms with Crippen LogP contribution in [-0.4, -0.2) is 61.7 Å². The van der Waals surface area contributed by atoms with E-state index in [1.165, 1.54) is 0 Å². The number of aryl methyl sites for hydroxylation is 1. The molecule has 2 aliphatic rings. The predicted molar refractivity (Wildman–Crippen MR) is 120 cm³/mol. The van der Waals surface area contributed by atoms with Crippen molar-refractivity contribution in [1.82, 2.24) is 14.5 Å². The Hall–Kier alpha value is -1.93. The summed E-state index contributed by atoms with van der Waals surface area (Å²) in [5.74, 6) is 0.162. The number of carbonyl (C=O) groups is 2. The summed E-state index contributed by atoms with van der Waals surface area (Å²) in [4.78, 5) is 26.9. The molecule has 2 fully saturated rings. The van der Waals surface area contributed by atoms with Crippen LogP contribution in [0.1, 0.15) is 57.9 Å². The topological polar surface area (TPSA) is 86.8 Å². The number of piperidine rings is 2. The molecule has 1 aromatic carbocycles. The third-order valence-corrected chi connectivity index (χ3v) is 8.07. The molecule has 31 heavy (non-hydrogen) atoms. The van der Waals surface area contributed by atoms with Crippen LogP contribution in [0.3, 0.4) is 0 Å². The average Bonchev–Trinajstić information content (AvgIpc) is 2.78. The van der Waals surface area contributed by atoms with E-state index in [0.717, 1.165) is 24.8 Å². The first-order valence-electron chi connectivity index (χ1n) is 11.4. The normalized spacial score (nSPS) is 18.9. The van der Waals surface area contributed by atoms with E-state index in [0.29, 0.717) is 56.8 Å². The van der Waals surface area contributed by atoms with Gasteiger partial charge in [0.05, 0.1) is 4.90 Å². The lowest BCUT2D eigenvalue weighted by molar-refractivity contribution is -0.135. The van der Waals surface area contributed by atoms with Gasteiger partial charge in [-0.1, -0.05) is 18.6 Å². The monoisotopic (exact) mass is 449 g/mol. The van der Waals surface area contributed by atoms with Crippen molar-refractivity contribution in [2.24, 2.45) is 5.92 Å². The molecule has 3 rings (SSSR count). The fraction of sp³-hybridized carbons (Fsp3) is 0.652. The van der Waals surface area contributed by atoms with Crippen LogP contribution in [0, 0.1) is 5.92 Å². The van der Waals surface area contributed by atoms with Crippen molar-refractivity contribution >= 4 is 21.8 Å². The third-order valence-electron chi connectivity index (χ3n) is 6.15. The number of nitrogens with one attached hydrogen (secondary N) is 1. The minimum Gasteiger partial charge on any atom is -0.354 e. The molecule has 7 nitrogen and oxygen atoms in total. The van der Waals surface area contributed by atoms with Crippen molar-refractivity contribution in [2.45, 2.75) is 69.7 Å². The maximum absolute atomic E-state index is 12.7. The quantitative estimate of drug-likeness (QED) is 0.693. The molecule has 2 saturated heterocycles. The highest BCUT2D eigenvalue weighted by Crippen LogP contribution is 2.22. The Balaban J connectivity index is 1.47. The smallest absolute Gasteiger partial charge is 0.243 e. The van der Waals surface area contributed by atoms with Gasteiger partial charge in [-0.05, 0) is 63.6 Å². The number of carbonyl (C=O) groups excluding carboxylic acids is 2. The molecule has 172 valence electrons. The van der Waals surface area contributed by atoms with Gasteiger partial charge in [-0.3, -0.25) is 9.59 Å². The summed E-state index contributed by atoms with van der Waals surface area (Å²) < 4.78 is 27.1. The van der Waals surface area contributed by atoms with Gasteiger partial charge in [-0.15, -0.1) is 0 Å². The average molecular weight is 450 g/mol. The Labute approximate surface area is 186 Å². The van der Waals surface area contributed by atoms with Crippen LogP contribution in [0.15, 0.2) is 29.2 Å². The summed E-state index contributed by atoms with van der Waals surface area (Å²) in [7, 11) is -3.42. The van der Waals surface area contributed by atoms with Crippen LogP contribution in [0.2, 0.25) is 0 Å². The van der Waals surface area contributed by atoms with Crippen LogP contribution in [0.4, 0.5) is 0 Å². The molecule has 2 aliphatic heterocycles. The molecular formula is C23H35N3O4S. The lowest BCUT2D eigenvalue weighted by Gasteiger charge is -2.31. The molecule has 2 heterocycles. The van der Waals surface area contributed by atoms with Crippen molar-refractivity contribution in [1.29, 1.82) is 0 Å². The molecular weight excluding hydrogens is 414 g/mol. The first-order chi connectivity index (χ1) is 14.8. The number of nitrogens with zero attached hydrogens (tertiary/aromatic N) is 2. The maximum atomic E-state index is 12.7. The largest absolute Gasteiger partial charge is 0.354 e. The zero-order valence-corrected chi connectivity index (χ0v) is 19.5. The Bertz CT molecular complexity index is 853. The number of hydrogen-bond acceptors (Lipinski definition) is 4. The Morgan fingerprint density at radius 1 is 1.00 bits per heavy atom. The summed E-state index contributed by atoms with van der Waals surface area (Å²) in [6.07, 6.45) is 5.29. The van der Waals surface area contributed by atoms with Crippen molar-refractivity contribution in [2.75, 3.05) is 26.2 Å². The zero-order chi connectivity index (χ0) is 22.4. The highest BCUT2D eigenvalue weighted by molar-refractivity contribution is 7.89. The fourth-order valence-corrected chi connectivity index (χ4v) is 5.80. The van der Waals surface area contributed by atoms with Crippen molar-refractivity contribution < 1.29 is 18.0 Å². The second-order valence-electron chi connectivity index (χ2n) is 8.93. The fourth-order valence-electron chi connectivity index (χ4n) is 4.29. The van der Waals surface area contributed by atoms with E-state index in [2.05, 4.69) is 5.32 Å². The van der Waals surface area contributed by atoms with Gasteiger partial charge in [0, 0.05) is 44.6 Å². The predicted octanol–water partition coefficient (Wildman–Crippen LogP) is 2.56. The van der Waals surface area contributed by atoms with Gasteiger partial charge < -0.3 is 10.2 Å². The van der Waals surface area contributed by atoms with Gasteiger partial charge >= 0.3 is 0 Å². The number of rotatable bonds is 7. The molecule has 0 radical (unpaired) electrons. The molecule has 0 aliphatic carbocycles. The number of sulfonamides is 1. The van der Waals surface area contributed by atoms with Gasteiger partial charge in [-0.2, -0.15) is 4.31 Å². The highest BCUT2D eigenvalue weighted by Gasteiger charge is 2.28. The maximum Gasteiger partial charge on any atom is 0.243 e. The number of amides is 2. The summed E-state index contributed by atoms with van der Waals surface area (Å²) in [5.41, 5.74) is 0.956. The molecule has 2 amide bonds. The van der Waals surface area contributed by atoms with Gasteiger partial charge in [0.2, 0.25) is 21.8 Å². The lowest BCUT2D eigenvalue weighted by Crippen LogP contribution is -2.44. The SMILES string of the molecule is CC(C)NC(=O)C1CCN(C(=O)CCc2ccc(S(=O)(=O)N3CCCCC3)cc2)CC1. The van der Waals surface area contributed by atoms with Crippen molar-refractivity contribution in [3.8, 4) is 0 Å². The second kappa shape index (κ2) is 10.6. The van der Waals surface area contributed by atoms with Crippen LogP contribution in [-0.2, 0) is 26.0 Å². The van der Waals surface area contributed by atoms with E-state index in [9.17, 15) is 18.0 Å². The summed E-state index contributed by atoms with van der Waals surface area (Å²) in [6.45, 7) is 6.31. The Morgan fingerprint density at radius 3 is 2.19 bits per heavy atom. The first kappa shape index (κ1) is 23.7. The third kappa shape index (κ3) is 6.29. The first-order valence-corrected chi connectivity index (χ1v) is 12.9. The van der Waals surface area contributed by atoms with E-state index in [4.69, 9.17) is 0 Å². The van der Waals surface area contributed by atoms with Crippen LogP contribution in [0.25, 0.3) is 0 Å². The minimum absolute atomic E-state index is 0.0131. The number of hydrogen-bond donors (Lipinski definition) is 1. The summed E-state index contributed by atoms with van der Waals surface area (Å²) in [5, 5.41) is 2.95. The molecule has 0 atom stereocenters. The van der Waals surface area contributed by atoms with E-state index in [1.54, 1.807) is 16.4 Å². The van der Waals surface area contributed by atoms with Gasteiger partial charge in [0.1, 0.15) is 0 Å². The second-order valence-corrected chi connectivity index (χ2v) is 10.9. The highest BCUT2D eigenvalue weighted by atomic mass is 32.2. The Morgan fingerprint density at radius 2 is 1.61 bits per heavy atom. The zero-order valence-electron chi connectivity index (χ0n) is 18.7. The van der Waals surface area contributed by atoms with E-state index < -0.39 is 10.0 Å². The standard InChI is InChI=1S/C23H35N3O4S/c1-18(2)24-23(28)20-12-16-25(17-13-20)22(27)11-8-19-6-9-21(10-7-19)31(29,30)26-14-4-3-5-15-26/h6-7,9-10,18,20H,3-5,8,11-17H2,1-2H3,(H,24,28). The number of benzene rings is 1. The van der Waals surface area contributed by atoms with Crippen LogP contribution in [0.5, 0.6) is 0 Å². The van der Waals surface area contributed by atoms with Crippen LogP contribution < -0.4 is 5.32 Å². The van der Waals surface area contributed by atoms with Gasteiger partial charge in [0.25, 0.3) is 0 Å².